The van der Waals surface area contributed by atoms with Crippen LogP contribution in [0.15, 0.2) is 12.1 Å². The van der Waals surface area contributed by atoms with Crippen molar-refractivity contribution >= 4 is 11.0 Å². The fraction of sp³-hybridized carbons (Fsp3) is 0.500. The maximum Gasteiger partial charge on any atom is 0.231 e. The van der Waals surface area contributed by atoms with E-state index in [1.165, 1.54) is 19.3 Å². The van der Waals surface area contributed by atoms with Gasteiger partial charge in [-0.25, -0.2) is 4.98 Å². The molecule has 1 aromatic heterocycles. The summed E-state index contributed by atoms with van der Waals surface area (Å²) >= 11 is 0. The van der Waals surface area contributed by atoms with Gasteiger partial charge in [0.2, 0.25) is 6.79 Å². The van der Waals surface area contributed by atoms with Crippen LogP contribution >= 0.6 is 0 Å². The predicted octanol–water partition coefficient (Wildman–Crippen LogP) is 2.02. The van der Waals surface area contributed by atoms with Crippen LogP contribution in [0.4, 0.5) is 0 Å². The number of rotatable bonds is 3. The summed E-state index contributed by atoms with van der Waals surface area (Å²) in [7, 11) is 0. The Morgan fingerprint density at radius 3 is 2.74 bits per heavy atom. The molecule has 4 rings (SSSR count). The van der Waals surface area contributed by atoms with E-state index in [4.69, 9.17) is 14.5 Å². The number of aliphatic hydroxyl groups excluding tert-OH is 1. The summed E-state index contributed by atoms with van der Waals surface area (Å²) in [5.41, 5.74) is 1.96. The molecule has 0 unspecified atom stereocenters. The molecular weight excluding hydrogens is 244 g/mol. The fourth-order valence-electron chi connectivity index (χ4n) is 2.85. The van der Waals surface area contributed by atoms with Gasteiger partial charge in [0.25, 0.3) is 0 Å². The molecular formula is C14H16N2O3. The second kappa shape index (κ2) is 4.13. The number of imidazole rings is 1. The molecule has 5 nitrogen and oxygen atoms in total. The normalized spacial score (nSPS) is 17.9. The van der Waals surface area contributed by atoms with Gasteiger partial charge in [-0.05, 0) is 12.8 Å². The predicted molar refractivity (Wildman–Crippen MR) is 69.5 cm³/mol. The van der Waals surface area contributed by atoms with E-state index >= 15 is 0 Å². The van der Waals surface area contributed by atoms with E-state index in [1.807, 2.05) is 12.1 Å². The minimum absolute atomic E-state index is 0.125. The summed E-state index contributed by atoms with van der Waals surface area (Å²) in [5, 5.41) is 9.28. The minimum atomic E-state index is 0.125. The molecule has 1 saturated carbocycles. The number of aromatic nitrogens is 2. The van der Waals surface area contributed by atoms with Gasteiger partial charge in [-0.3, -0.25) is 0 Å². The lowest BCUT2D eigenvalue weighted by molar-refractivity contribution is 0.174. The number of hydrogen-bond donors (Lipinski definition) is 1. The molecule has 1 aliphatic carbocycles. The van der Waals surface area contributed by atoms with Gasteiger partial charge in [-0.1, -0.05) is 6.42 Å². The number of benzene rings is 1. The molecule has 2 heterocycles. The van der Waals surface area contributed by atoms with Gasteiger partial charge in [-0.2, -0.15) is 0 Å². The largest absolute Gasteiger partial charge is 0.454 e. The molecule has 0 amide bonds. The summed E-state index contributed by atoms with van der Waals surface area (Å²) in [6.07, 6.45) is 3.67. The Bertz CT molecular complexity index is 631. The maximum atomic E-state index is 9.28. The molecule has 0 bridgehead atoms. The van der Waals surface area contributed by atoms with E-state index in [2.05, 4.69) is 4.57 Å². The summed E-state index contributed by atoms with van der Waals surface area (Å²) in [4.78, 5) is 4.75. The van der Waals surface area contributed by atoms with Crippen LogP contribution in [0, 0.1) is 0 Å². The van der Waals surface area contributed by atoms with E-state index in [0.717, 1.165) is 28.4 Å². The second-order valence-electron chi connectivity index (χ2n) is 5.17. The molecule has 0 atom stereocenters. The Morgan fingerprint density at radius 2 is 2.05 bits per heavy atom. The van der Waals surface area contributed by atoms with Crippen LogP contribution in [-0.2, 0) is 6.54 Å². The highest BCUT2D eigenvalue weighted by Crippen LogP contribution is 2.40. The molecule has 1 fully saturated rings. The van der Waals surface area contributed by atoms with Crippen LogP contribution in [0.25, 0.3) is 11.0 Å². The average Bonchev–Trinajstić information content (AvgIpc) is 2.90. The highest BCUT2D eigenvalue weighted by Gasteiger charge is 2.27. The molecule has 2 aliphatic rings. The lowest BCUT2D eigenvalue weighted by Crippen LogP contribution is -2.16. The highest BCUT2D eigenvalue weighted by molar-refractivity contribution is 5.81. The summed E-state index contributed by atoms with van der Waals surface area (Å²) in [5.74, 6) is 3.17. The zero-order valence-electron chi connectivity index (χ0n) is 10.6. The molecule has 1 aliphatic heterocycles. The molecule has 100 valence electrons. The Hall–Kier alpha value is -1.75. The monoisotopic (exact) mass is 260 g/mol. The van der Waals surface area contributed by atoms with Crippen molar-refractivity contribution in [1.82, 2.24) is 9.55 Å². The van der Waals surface area contributed by atoms with Crippen LogP contribution in [0.2, 0.25) is 0 Å². The van der Waals surface area contributed by atoms with Gasteiger partial charge >= 0.3 is 0 Å². The van der Waals surface area contributed by atoms with Crippen LogP contribution in [0.3, 0.4) is 0 Å². The number of nitrogens with zero attached hydrogens (tertiary/aromatic N) is 2. The van der Waals surface area contributed by atoms with Gasteiger partial charge in [-0.15, -0.1) is 0 Å². The van der Waals surface area contributed by atoms with Crippen LogP contribution in [0.1, 0.15) is 31.0 Å². The van der Waals surface area contributed by atoms with Crippen molar-refractivity contribution in [3.05, 3.63) is 18.0 Å². The van der Waals surface area contributed by atoms with Crippen LogP contribution < -0.4 is 9.47 Å². The van der Waals surface area contributed by atoms with Crippen molar-refractivity contribution in [2.75, 3.05) is 13.4 Å². The number of ether oxygens (including phenoxy) is 2. The van der Waals surface area contributed by atoms with Gasteiger partial charge < -0.3 is 19.1 Å². The van der Waals surface area contributed by atoms with Crippen LogP contribution in [-0.4, -0.2) is 28.1 Å². The molecule has 5 heteroatoms. The number of fused-ring (bicyclic) bond motifs is 2. The Labute approximate surface area is 110 Å². The first-order chi connectivity index (χ1) is 9.36. The topological polar surface area (TPSA) is 56.5 Å². The SMILES string of the molecule is OCCn1c(C2CCC2)nc2cc3c(cc21)OCO3. The first-order valence-electron chi connectivity index (χ1n) is 6.77. The molecule has 0 radical (unpaired) electrons. The molecule has 1 aromatic carbocycles. The number of hydrogen-bond acceptors (Lipinski definition) is 4. The summed E-state index contributed by atoms with van der Waals surface area (Å²) < 4.78 is 12.9. The van der Waals surface area contributed by atoms with Crippen molar-refractivity contribution in [3.8, 4) is 11.5 Å². The van der Waals surface area contributed by atoms with E-state index in [1.54, 1.807) is 0 Å². The van der Waals surface area contributed by atoms with Crippen molar-refractivity contribution in [2.45, 2.75) is 31.7 Å². The molecule has 1 N–H and O–H groups in total. The zero-order valence-corrected chi connectivity index (χ0v) is 10.6. The third-order valence-corrected chi connectivity index (χ3v) is 4.07. The van der Waals surface area contributed by atoms with Crippen molar-refractivity contribution in [3.63, 3.8) is 0 Å². The van der Waals surface area contributed by atoms with E-state index < -0.39 is 0 Å². The third-order valence-electron chi connectivity index (χ3n) is 4.07. The molecule has 0 spiro atoms. The van der Waals surface area contributed by atoms with E-state index in [9.17, 15) is 5.11 Å². The Morgan fingerprint density at radius 1 is 1.26 bits per heavy atom. The van der Waals surface area contributed by atoms with Crippen LogP contribution in [0.5, 0.6) is 11.5 Å². The molecule has 2 aromatic rings. The van der Waals surface area contributed by atoms with Crippen molar-refractivity contribution < 1.29 is 14.6 Å². The first-order valence-corrected chi connectivity index (χ1v) is 6.77. The van der Waals surface area contributed by atoms with Crippen molar-refractivity contribution in [1.29, 1.82) is 0 Å². The Balaban J connectivity index is 1.89. The van der Waals surface area contributed by atoms with E-state index in [-0.39, 0.29) is 13.4 Å². The van der Waals surface area contributed by atoms with E-state index in [0.29, 0.717) is 12.5 Å². The van der Waals surface area contributed by atoms with Crippen molar-refractivity contribution in [2.24, 2.45) is 0 Å². The summed E-state index contributed by atoms with van der Waals surface area (Å²) in [6.45, 7) is 0.985. The molecule has 19 heavy (non-hydrogen) atoms. The number of aliphatic hydroxyl groups is 1. The highest BCUT2D eigenvalue weighted by atomic mass is 16.7. The third kappa shape index (κ3) is 1.61. The maximum absolute atomic E-state index is 9.28. The average molecular weight is 260 g/mol. The first kappa shape index (κ1) is 11.1. The molecule has 0 saturated heterocycles. The smallest absolute Gasteiger partial charge is 0.231 e. The minimum Gasteiger partial charge on any atom is -0.454 e. The standard InChI is InChI=1S/C14H16N2O3/c17-5-4-16-11-7-13-12(18-8-19-13)6-10(11)15-14(16)9-2-1-3-9/h6-7,9,17H,1-5,8H2. The van der Waals surface area contributed by atoms with Gasteiger partial charge in [0.15, 0.2) is 11.5 Å². The Kier molecular flexibility index (Phi) is 2.41. The quantitative estimate of drug-likeness (QED) is 0.917. The van der Waals surface area contributed by atoms with Gasteiger partial charge in [0.1, 0.15) is 5.82 Å². The second-order valence-corrected chi connectivity index (χ2v) is 5.17. The lowest BCUT2D eigenvalue weighted by Gasteiger charge is -2.25. The zero-order chi connectivity index (χ0) is 12.8. The van der Waals surface area contributed by atoms with Gasteiger partial charge in [0, 0.05) is 24.6 Å². The van der Waals surface area contributed by atoms with Gasteiger partial charge in [0.05, 0.1) is 17.6 Å². The fourth-order valence-corrected chi connectivity index (χ4v) is 2.85. The summed E-state index contributed by atoms with van der Waals surface area (Å²) in [6, 6.07) is 3.91. The lowest BCUT2D eigenvalue weighted by atomic mass is 9.85.